The zero-order chi connectivity index (χ0) is 13.7. The molecule has 2 heterocycles. The lowest BCUT2D eigenvalue weighted by molar-refractivity contribution is 0.388. The zero-order valence-electron chi connectivity index (χ0n) is 11.2. The first-order valence-corrected chi connectivity index (χ1v) is 8.22. The van der Waals surface area contributed by atoms with Crippen LogP contribution in [0.5, 0.6) is 0 Å². The van der Waals surface area contributed by atoms with Crippen molar-refractivity contribution < 1.29 is 8.42 Å². The predicted octanol–water partition coefficient (Wildman–Crippen LogP) is 0.843. The van der Waals surface area contributed by atoms with Gasteiger partial charge in [0.2, 0.25) is 10.0 Å². The maximum atomic E-state index is 12.3. The molecule has 1 saturated heterocycles. The highest BCUT2D eigenvalue weighted by atomic mass is 32.2. The Balaban J connectivity index is 1.94. The molecular formula is C13H21N3O2S. The zero-order valence-corrected chi connectivity index (χ0v) is 12.1. The number of pyridine rings is 1. The van der Waals surface area contributed by atoms with E-state index < -0.39 is 10.0 Å². The van der Waals surface area contributed by atoms with Crippen molar-refractivity contribution in [2.75, 3.05) is 25.9 Å². The highest BCUT2D eigenvalue weighted by Crippen LogP contribution is 2.17. The summed E-state index contributed by atoms with van der Waals surface area (Å²) in [5, 5.41) is 3.25. The van der Waals surface area contributed by atoms with E-state index in [0.717, 1.165) is 31.5 Å². The molecule has 1 aliphatic heterocycles. The normalized spacial score (nSPS) is 17.8. The number of nitrogens with zero attached hydrogens (tertiary/aromatic N) is 2. The molecular weight excluding hydrogens is 262 g/mol. The summed E-state index contributed by atoms with van der Waals surface area (Å²) in [7, 11) is -1.52. The monoisotopic (exact) mass is 283 g/mol. The summed E-state index contributed by atoms with van der Waals surface area (Å²) >= 11 is 0. The van der Waals surface area contributed by atoms with Gasteiger partial charge >= 0.3 is 0 Å². The highest BCUT2D eigenvalue weighted by Gasteiger charge is 2.24. The van der Waals surface area contributed by atoms with Crippen LogP contribution in [-0.4, -0.2) is 43.6 Å². The van der Waals surface area contributed by atoms with Crippen molar-refractivity contribution in [3.63, 3.8) is 0 Å². The van der Waals surface area contributed by atoms with Crippen molar-refractivity contribution in [3.05, 3.63) is 30.1 Å². The lowest BCUT2D eigenvalue weighted by Gasteiger charge is -2.25. The van der Waals surface area contributed by atoms with Crippen molar-refractivity contribution >= 4 is 10.0 Å². The minimum Gasteiger partial charge on any atom is -0.317 e. The van der Waals surface area contributed by atoms with Crippen LogP contribution in [0.4, 0.5) is 0 Å². The fourth-order valence-corrected chi connectivity index (χ4v) is 3.85. The van der Waals surface area contributed by atoms with Gasteiger partial charge in [0, 0.05) is 26.0 Å². The number of aromatic nitrogens is 1. The topological polar surface area (TPSA) is 62.3 Å². The van der Waals surface area contributed by atoms with Crippen molar-refractivity contribution in [2.24, 2.45) is 5.92 Å². The minimum absolute atomic E-state index is 0.260. The molecule has 0 bridgehead atoms. The van der Waals surface area contributed by atoms with Gasteiger partial charge in [-0.3, -0.25) is 4.98 Å². The van der Waals surface area contributed by atoms with E-state index in [1.54, 1.807) is 19.4 Å². The molecule has 1 aliphatic rings. The predicted molar refractivity (Wildman–Crippen MR) is 75.1 cm³/mol. The van der Waals surface area contributed by atoms with Crippen LogP contribution in [0.1, 0.15) is 18.4 Å². The first-order chi connectivity index (χ1) is 9.08. The molecule has 19 heavy (non-hydrogen) atoms. The molecule has 0 saturated carbocycles. The molecule has 0 aromatic carbocycles. The quantitative estimate of drug-likeness (QED) is 0.870. The molecule has 5 nitrogen and oxygen atoms in total. The Morgan fingerprint density at radius 3 is 2.58 bits per heavy atom. The summed E-state index contributed by atoms with van der Waals surface area (Å²) in [5.41, 5.74) is 0.964. The average Bonchev–Trinajstić information content (AvgIpc) is 2.40. The maximum Gasteiger partial charge on any atom is 0.214 e. The second kappa shape index (κ2) is 6.45. The molecule has 6 heteroatoms. The summed E-state index contributed by atoms with van der Waals surface area (Å²) in [4.78, 5) is 3.93. The van der Waals surface area contributed by atoms with E-state index in [2.05, 4.69) is 10.3 Å². The van der Waals surface area contributed by atoms with Crippen LogP contribution in [0, 0.1) is 5.92 Å². The molecule has 0 aliphatic carbocycles. The summed E-state index contributed by atoms with van der Waals surface area (Å²) in [6.07, 6.45) is 5.26. The second-order valence-corrected chi connectivity index (χ2v) is 7.20. The fraction of sp³-hybridized carbons (Fsp3) is 0.615. The molecule has 2 rings (SSSR count). The lowest BCUT2D eigenvalue weighted by Crippen LogP contribution is -2.36. The SMILES string of the molecule is CN(Cc1ccncc1)S(=O)(=O)CC1CCNCC1. The first-order valence-electron chi connectivity index (χ1n) is 6.61. The van der Waals surface area contributed by atoms with Gasteiger partial charge in [0.15, 0.2) is 0 Å². The Morgan fingerprint density at radius 2 is 1.95 bits per heavy atom. The molecule has 0 amide bonds. The van der Waals surface area contributed by atoms with Crippen molar-refractivity contribution in [1.29, 1.82) is 0 Å². The van der Waals surface area contributed by atoms with Gasteiger partial charge < -0.3 is 5.32 Å². The Bertz CT molecular complexity index is 484. The van der Waals surface area contributed by atoms with Crippen molar-refractivity contribution in [2.45, 2.75) is 19.4 Å². The molecule has 0 radical (unpaired) electrons. The first kappa shape index (κ1) is 14.4. The number of hydrogen-bond acceptors (Lipinski definition) is 4. The Hall–Kier alpha value is -0.980. The van der Waals surface area contributed by atoms with Gasteiger partial charge in [-0.1, -0.05) is 0 Å². The van der Waals surface area contributed by atoms with Crippen LogP contribution in [0.2, 0.25) is 0 Å². The van der Waals surface area contributed by atoms with Crippen LogP contribution in [-0.2, 0) is 16.6 Å². The van der Waals surface area contributed by atoms with Gasteiger partial charge in [-0.2, -0.15) is 0 Å². The van der Waals surface area contributed by atoms with Crippen molar-refractivity contribution in [1.82, 2.24) is 14.6 Å². The van der Waals surface area contributed by atoms with E-state index in [-0.39, 0.29) is 11.7 Å². The van der Waals surface area contributed by atoms with Gasteiger partial charge in [0.05, 0.1) is 5.75 Å². The Labute approximate surface area is 115 Å². The summed E-state index contributed by atoms with van der Waals surface area (Å²) in [6, 6.07) is 3.69. The molecule has 1 N–H and O–H groups in total. The molecule has 0 unspecified atom stereocenters. The number of piperidine rings is 1. The summed E-state index contributed by atoms with van der Waals surface area (Å²) < 4.78 is 26.0. The number of sulfonamides is 1. The van der Waals surface area contributed by atoms with Gasteiger partial charge in [-0.05, 0) is 49.5 Å². The van der Waals surface area contributed by atoms with E-state index in [4.69, 9.17) is 0 Å². The number of nitrogens with one attached hydrogen (secondary N) is 1. The third kappa shape index (κ3) is 4.26. The average molecular weight is 283 g/mol. The van der Waals surface area contributed by atoms with Gasteiger partial charge in [-0.15, -0.1) is 0 Å². The molecule has 106 valence electrons. The van der Waals surface area contributed by atoms with Gasteiger partial charge in [-0.25, -0.2) is 12.7 Å². The summed E-state index contributed by atoms with van der Waals surface area (Å²) in [5.74, 6) is 0.544. The maximum absolute atomic E-state index is 12.3. The van der Waals surface area contributed by atoms with E-state index in [1.807, 2.05) is 12.1 Å². The van der Waals surface area contributed by atoms with Crippen molar-refractivity contribution in [3.8, 4) is 0 Å². The highest BCUT2D eigenvalue weighted by molar-refractivity contribution is 7.89. The second-order valence-electron chi connectivity index (χ2n) is 5.08. The van der Waals surface area contributed by atoms with Gasteiger partial charge in [0.25, 0.3) is 0 Å². The minimum atomic E-state index is -3.17. The molecule has 1 aromatic heterocycles. The van der Waals surface area contributed by atoms with Gasteiger partial charge in [0.1, 0.15) is 0 Å². The van der Waals surface area contributed by atoms with E-state index >= 15 is 0 Å². The van der Waals surface area contributed by atoms with Crippen LogP contribution in [0.3, 0.4) is 0 Å². The molecule has 1 fully saturated rings. The molecule has 0 atom stereocenters. The van der Waals surface area contributed by atoms with Crippen LogP contribution >= 0.6 is 0 Å². The van der Waals surface area contributed by atoms with Crippen LogP contribution < -0.4 is 5.32 Å². The van der Waals surface area contributed by atoms with E-state index in [9.17, 15) is 8.42 Å². The molecule has 1 aromatic rings. The third-order valence-electron chi connectivity index (χ3n) is 3.53. The van der Waals surface area contributed by atoms with Crippen LogP contribution in [0.25, 0.3) is 0 Å². The van der Waals surface area contributed by atoms with E-state index in [0.29, 0.717) is 6.54 Å². The Morgan fingerprint density at radius 1 is 1.32 bits per heavy atom. The van der Waals surface area contributed by atoms with Crippen LogP contribution in [0.15, 0.2) is 24.5 Å². The standard InChI is InChI=1S/C13H21N3O2S/c1-16(10-12-2-6-14-7-3-12)19(17,18)11-13-4-8-15-9-5-13/h2-3,6-7,13,15H,4-5,8-11H2,1H3. The third-order valence-corrected chi connectivity index (χ3v) is 5.51. The fourth-order valence-electron chi connectivity index (χ4n) is 2.32. The number of rotatable bonds is 5. The largest absolute Gasteiger partial charge is 0.317 e. The smallest absolute Gasteiger partial charge is 0.214 e. The Kier molecular flexibility index (Phi) is 4.90. The lowest BCUT2D eigenvalue weighted by atomic mass is 10.0. The molecule has 0 spiro atoms. The van der Waals surface area contributed by atoms with E-state index in [1.165, 1.54) is 4.31 Å². The summed E-state index contributed by atoms with van der Waals surface area (Å²) in [6.45, 7) is 2.26. The number of hydrogen-bond donors (Lipinski definition) is 1.